The van der Waals surface area contributed by atoms with Crippen molar-refractivity contribution in [3.05, 3.63) is 22.8 Å². The lowest BCUT2D eigenvalue weighted by Crippen LogP contribution is -2.08. The first-order valence-electron chi connectivity index (χ1n) is 5.29. The molecule has 0 spiro atoms. The van der Waals surface area contributed by atoms with Gasteiger partial charge in [0.25, 0.3) is 0 Å². The minimum absolute atomic E-state index is 0.373. The van der Waals surface area contributed by atoms with Crippen LogP contribution in [0.5, 0.6) is 5.88 Å². The van der Waals surface area contributed by atoms with E-state index in [1.807, 2.05) is 6.07 Å². The zero-order valence-corrected chi connectivity index (χ0v) is 10.5. The van der Waals surface area contributed by atoms with Crippen LogP contribution in [0.3, 0.4) is 0 Å². The number of hydrogen-bond donors (Lipinski definition) is 0. The summed E-state index contributed by atoms with van der Waals surface area (Å²) in [7, 11) is 0. The predicted octanol–water partition coefficient (Wildman–Crippen LogP) is 3.89. The Bertz CT molecular complexity index is 323. The standard InChI is InChI=1S/C12H18ClNO/c1-8(2)7-15-12-11(9(3)4)5-10(13)6-14-12/h5-6,8-9H,7H2,1-4H3. The first-order valence-corrected chi connectivity index (χ1v) is 5.66. The van der Waals surface area contributed by atoms with Gasteiger partial charge in [-0.3, -0.25) is 0 Å². The second-order valence-corrected chi connectivity index (χ2v) is 4.84. The minimum Gasteiger partial charge on any atom is -0.477 e. The van der Waals surface area contributed by atoms with Crippen LogP contribution in [-0.2, 0) is 0 Å². The molecular weight excluding hydrogens is 210 g/mol. The highest BCUT2D eigenvalue weighted by Gasteiger charge is 2.10. The summed E-state index contributed by atoms with van der Waals surface area (Å²) in [5.41, 5.74) is 1.07. The van der Waals surface area contributed by atoms with Gasteiger partial charge >= 0.3 is 0 Å². The van der Waals surface area contributed by atoms with Crippen molar-refractivity contribution in [3.63, 3.8) is 0 Å². The first-order chi connectivity index (χ1) is 7.00. The van der Waals surface area contributed by atoms with Crippen molar-refractivity contribution in [2.45, 2.75) is 33.6 Å². The average Bonchev–Trinajstić information content (AvgIpc) is 2.15. The van der Waals surface area contributed by atoms with Crippen molar-refractivity contribution in [2.24, 2.45) is 5.92 Å². The molecule has 0 aliphatic heterocycles. The molecule has 0 atom stereocenters. The van der Waals surface area contributed by atoms with Gasteiger partial charge in [0.2, 0.25) is 5.88 Å². The van der Waals surface area contributed by atoms with E-state index in [9.17, 15) is 0 Å². The molecular formula is C12H18ClNO. The van der Waals surface area contributed by atoms with Gasteiger partial charge in [0.15, 0.2) is 0 Å². The summed E-state index contributed by atoms with van der Waals surface area (Å²) in [6, 6.07) is 1.93. The quantitative estimate of drug-likeness (QED) is 0.779. The Morgan fingerprint density at radius 1 is 1.33 bits per heavy atom. The largest absolute Gasteiger partial charge is 0.477 e. The Kier molecular flexibility index (Phi) is 4.40. The summed E-state index contributed by atoms with van der Waals surface area (Å²) in [4.78, 5) is 4.22. The number of aromatic nitrogens is 1. The molecule has 1 aromatic heterocycles. The van der Waals surface area contributed by atoms with Gasteiger partial charge in [-0.05, 0) is 17.9 Å². The summed E-state index contributed by atoms with van der Waals surface area (Å²) in [5, 5.41) is 0.663. The molecule has 15 heavy (non-hydrogen) atoms. The van der Waals surface area contributed by atoms with E-state index in [0.29, 0.717) is 29.3 Å². The third-order valence-corrected chi connectivity index (χ3v) is 2.23. The molecule has 0 bridgehead atoms. The van der Waals surface area contributed by atoms with Crippen LogP contribution in [0.1, 0.15) is 39.2 Å². The van der Waals surface area contributed by atoms with Gasteiger partial charge < -0.3 is 4.74 Å². The van der Waals surface area contributed by atoms with E-state index >= 15 is 0 Å². The fourth-order valence-electron chi connectivity index (χ4n) is 1.22. The topological polar surface area (TPSA) is 22.1 Å². The smallest absolute Gasteiger partial charge is 0.216 e. The Morgan fingerprint density at radius 3 is 2.53 bits per heavy atom. The monoisotopic (exact) mass is 227 g/mol. The second kappa shape index (κ2) is 5.36. The van der Waals surface area contributed by atoms with Crippen molar-refractivity contribution >= 4 is 11.6 Å². The third kappa shape index (κ3) is 3.71. The van der Waals surface area contributed by atoms with Crippen LogP contribution in [0.15, 0.2) is 12.3 Å². The highest BCUT2D eigenvalue weighted by molar-refractivity contribution is 6.30. The fraction of sp³-hybridized carbons (Fsp3) is 0.583. The number of nitrogens with zero attached hydrogens (tertiary/aromatic N) is 1. The van der Waals surface area contributed by atoms with E-state index in [0.717, 1.165) is 5.56 Å². The van der Waals surface area contributed by atoms with Crippen LogP contribution in [0.4, 0.5) is 0 Å². The van der Waals surface area contributed by atoms with E-state index in [4.69, 9.17) is 16.3 Å². The maximum atomic E-state index is 5.91. The maximum absolute atomic E-state index is 5.91. The molecule has 0 aromatic carbocycles. The number of pyridine rings is 1. The molecule has 1 aromatic rings. The predicted molar refractivity (Wildman–Crippen MR) is 63.7 cm³/mol. The summed E-state index contributed by atoms with van der Waals surface area (Å²) in [6.45, 7) is 9.13. The van der Waals surface area contributed by atoms with Crippen molar-refractivity contribution < 1.29 is 4.74 Å². The van der Waals surface area contributed by atoms with Crippen LogP contribution in [0, 0.1) is 5.92 Å². The van der Waals surface area contributed by atoms with Crippen LogP contribution in [0.25, 0.3) is 0 Å². The van der Waals surface area contributed by atoms with Gasteiger partial charge in [-0.15, -0.1) is 0 Å². The van der Waals surface area contributed by atoms with Crippen molar-refractivity contribution in [2.75, 3.05) is 6.61 Å². The zero-order chi connectivity index (χ0) is 11.4. The number of ether oxygens (including phenoxy) is 1. The van der Waals surface area contributed by atoms with Crippen LogP contribution < -0.4 is 4.74 Å². The van der Waals surface area contributed by atoms with Gasteiger partial charge in [0, 0.05) is 11.8 Å². The van der Waals surface area contributed by atoms with E-state index in [2.05, 4.69) is 32.7 Å². The molecule has 0 saturated heterocycles. The molecule has 0 unspecified atom stereocenters. The molecule has 0 saturated carbocycles. The molecule has 0 N–H and O–H groups in total. The van der Waals surface area contributed by atoms with Crippen LogP contribution >= 0.6 is 11.6 Å². The normalized spacial score (nSPS) is 11.1. The summed E-state index contributed by atoms with van der Waals surface area (Å²) < 4.78 is 5.65. The lowest BCUT2D eigenvalue weighted by molar-refractivity contribution is 0.258. The highest BCUT2D eigenvalue weighted by Crippen LogP contribution is 2.27. The summed E-state index contributed by atoms with van der Waals surface area (Å²) >= 11 is 5.91. The number of hydrogen-bond acceptors (Lipinski definition) is 2. The zero-order valence-electron chi connectivity index (χ0n) is 9.75. The molecule has 0 fully saturated rings. The molecule has 1 rings (SSSR count). The lowest BCUT2D eigenvalue weighted by Gasteiger charge is -2.14. The fourth-order valence-corrected chi connectivity index (χ4v) is 1.39. The van der Waals surface area contributed by atoms with Crippen molar-refractivity contribution in [1.82, 2.24) is 4.98 Å². The van der Waals surface area contributed by atoms with E-state index in [-0.39, 0.29) is 0 Å². The Balaban J connectivity index is 2.86. The lowest BCUT2D eigenvalue weighted by atomic mass is 10.1. The highest BCUT2D eigenvalue weighted by atomic mass is 35.5. The van der Waals surface area contributed by atoms with Crippen molar-refractivity contribution in [3.8, 4) is 5.88 Å². The van der Waals surface area contributed by atoms with Gasteiger partial charge in [-0.1, -0.05) is 39.3 Å². The van der Waals surface area contributed by atoms with Gasteiger partial charge in [-0.25, -0.2) is 4.98 Å². The molecule has 1 heterocycles. The molecule has 84 valence electrons. The van der Waals surface area contributed by atoms with Gasteiger partial charge in [-0.2, -0.15) is 0 Å². The Morgan fingerprint density at radius 2 is 2.00 bits per heavy atom. The van der Waals surface area contributed by atoms with E-state index < -0.39 is 0 Å². The van der Waals surface area contributed by atoms with Crippen LogP contribution in [-0.4, -0.2) is 11.6 Å². The maximum Gasteiger partial charge on any atom is 0.216 e. The Hall–Kier alpha value is -0.760. The first kappa shape index (κ1) is 12.3. The number of halogens is 1. The van der Waals surface area contributed by atoms with E-state index in [1.54, 1.807) is 6.20 Å². The SMILES string of the molecule is CC(C)COc1ncc(Cl)cc1C(C)C. The van der Waals surface area contributed by atoms with Gasteiger partial charge in [0.05, 0.1) is 11.6 Å². The molecule has 2 nitrogen and oxygen atoms in total. The summed E-state index contributed by atoms with van der Waals surface area (Å²) in [5.74, 6) is 1.59. The molecule has 3 heteroatoms. The Labute approximate surface area is 96.6 Å². The summed E-state index contributed by atoms with van der Waals surface area (Å²) in [6.07, 6.45) is 1.63. The third-order valence-electron chi connectivity index (χ3n) is 2.02. The second-order valence-electron chi connectivity index (χ2n) is 4.41. The molecule has 0 aliphatic rings. The average molecular weight is 228 g/mol. The van der Waals surface area contributed by atoms with Crippen LogP contribution in [0.2, 0.25) is 5.02 Å². The molecule has 0 radical (unpaired) electrons. The minimum atomic E-state index is 0.373. The van der Waals surface area contributed by atoms with Gasteiger partial charge in [0.1, 0.15) is 0 Å². The van der Waals surface area contributed by atoms with Crippen molar-refractivity contribution in [1.29, 1.82) is 0 Å². The van der Waals surface area contributed by atoms with E-state index in [1.165, 1.54) is 0 Å². The molecule has 0 aliphatic carbocycles. The number of rotatable bonds is 4. The molecule has 0 amide bonds.